The van der Waals surface area contributed by atoms with Crippen molar-refractivity contribution in [1.29, 1.82) is 0 Å². The van der Waals surface area contributed by atoms with Crippen LogP contribution in [0, 0.1) is 0 Å². The van der Waals surface area contributed by atoms with E-state index >= 15 is 0 Å². The average molecular weight is 316 g/mol. The topological polar surface area (TPSA) is 0 Å². The second-order valence-electron chi connectivity index (χ2n) is 2.53. The lowest BCUT2D eigenvalue weighted by molar-refractivity contribution is 0.916. The molecule has 0 radical (unpaired) electrons. The van der Waals surface area contributed by atoms with E-state index in [1.807, 2.05) is 12.1 Å². The molecular formula is C10H13BrCl2S. The van der Waals surface area contributed by atoms with Crippen LogP contribution in [0.4, 0.5) is 0 Å². The number of benzene rings is 1. The van der Waals surface area contributed by atoms with Crippen molar-refractivity contribution in [1.82, 2.24) is 0 Å². The summed E-state index contributed by atoms with van der Waals surface area (Å²) < 4.78 is 0. The first kappa shape index (κ1) is 14.6. The molecule has 80 valence electrons. The highest BCUT2D eigenvalue weighted by Gasteiger charge is 1.89. The van der Waals surface area contributed by atoms with E-state index in [0.29, 0.717) is 10.0 Å². The van der Waals surface area contributed by atoms with Crippen molar-refractivity contribution >= 4 is 51.8 Å². The molecule has 0 aromatic heterocycles. The van der Waals surface area contributed by atoms with E-state index in [1.54, 1.807) is 12.1 Å². The van der Waals surface area contributed by atoms with Gasteiger partial charge in [0, 0.05) is 5.33 Å². The van der Waals surface area contributed by atoms with Gasteiger partial charge in [0.2, 0.25) is 0 Å². The van der Waals surface area contributed by atoms with Crippen molar-refractivity contribution in [3.8, 4) is 0 Å². The molecule has 0 spiro atoms. The number of halogens is 3. The van der Waals surface area contributed by atoms with Gasteiger partial charge in [-0.05, 0) is 30.7 Å². The van der Waals surface area contributed by atoms with Gasteiger partial charge in [0.15, 0.2) is 0 Å². The van der Waals surface area contributed by atoms with Gasteiger partial charge in [0.25, 0.3) is 0 Å². The van der Waals surface area contributed by atoms with Gasteiger partial charge in [-0.3, -0.25) is 0 Å². The molecule has 1 aromatic rings. The van der Waals surface area contributed by atoms with Crippen LogP contribution in [-0.2, 0) is 0 Å². The summed E-state index contributed by atoms with van der Waals surface area (Å²) in [5, 5.41) is 2.33. The van der Waals surface area contributed by atoms with Crippen molar-refractivity contribution in [2.75, 3.05) is 11.1 Å². The molecule has 0 atom stereocenters. The fraction of sp³-hybridized carbons (Fsp3) is 0.400. The molecule has 0 saturated heterocycles. The summed E-state index contributed by atoms with van der Waals surface area (Å²) in [6, 6.07) is 7.19. The smallest absolute Gasteiger partial charge is 0.0592 e. The van der Waals surface area contributed by atoms with Crippen LogP contribution in [0.25, 0.3) is 0 Å². The molecule has 0 saturated carbocycles. The van der Waals surface area contributed by atoms with Crippen LogP contribution in [0.15, 0.2) is 24.3 Å². The first-order valence-corrected chi connectivity index (χ1v) is 6.80. The quantitative estimate of drug-likeness (QED) is 0.448. The zero-order valence-electron chi connectivity index (χ0n) is 7.72. The van der Waals surface area contributed by atoms with Crippen molar-refractivity contribution < 1.29 is 0 Å². The van der Waals surface area contributed by atoms with Crippen molar-refractivity contribution in [2.24, 2.45) is 0 Å². The Bertz CT molecular complexity index is 218. The molecule has 0 amide bonds. The number of unbranched alkanes of at least 4 members (excludes halogenated alkanes) is 1. The van der Waals surface area contributed by atoms with Crippen LogP contribution in [-0.4, -0.2) is 11.1 Å². The lowest BCUT2D eigenvalue weighted by atomic mass is 10.4. The van der Waals surface area contributed by atoms with Crippen LogP contribution < -0.4 is 0 Å². The van der Waals surface area contributed by atoms with E-state index in [-0.39, 0.29) is 0 Å². The van der Waals surface area contributed by atoms with Crippen molar-refractivity contribution in [3.63, 3.8) is 0 Å². The van der Waals surface area contributed by atoms with Gasteiger partial charge < -0.3 is 0 Å². The van der Waals surface area contributed by atoms with E-state index in [4.69, 9.17) is 23.2 Å². The summed E-state index contributed by atoms with van der Waals surface area (Å²) in [5.41, 5.74) is 0. The Hall–Kier alpha value is 0.630. The minimum atomic E-state index is 0.606. The molecule has 0 bridgehead atoms. The zero-order chi connectivity index (χ0) is 10.8. The first-order chi connectivity index (χ1) is 6.72. The van der Waals surface area contributed by atoms with E-state index in [1.165, 1.54) is 12.8 Å². The Balaban J connectivity index is 0.000000255. The molecular weight excluding hydrogens is 303 g/mol. The third-order valence-corrected chi connectivity index (χ3v) is 3.00. The largest absolute Gasteiger partial charge is 0.179 e. The maximum Gasteiger partial charge on any atom is 0.0592 e. The highest BCUT2D eigenvalue weighted by atomic mass is 79.9. The standard InChI is InChI=1S/C6H4Cl2.C4H9BrS/c7-5-3-1-2-4-6(5)8;5-3-1-2-4-6/h1-4H;6H,1-4H2. The number of hydrogen-bond donors (Lipinski definition) is 1. The van der Waals surface area contributed by atoms with Crippen molar-refractivity contribution in [3.05, 3.63) is 34.3 Å². The van der Waals surface area contributed by atoms with E-state index in [0.717, 1.165) is 11.1 Å². The SMILES string of the molecule is Clc1ccccc1Cl.SCCCCBr. The van der Waals surface area contributed by atoms with Gasteiger partial charge in [-0.15, -0.1) is 0 Å². The maximum atomic E-state index is 5.58. The third-order valence-electron chi connectivity index (χ3n) is 1.37. The second kappa shape index (κ2) is 10.2. The maximum absolute atomic E-state index is 5.58. The molecule has 14 heavy (non-hydrogen) atoms. The number of alkyl halides is 1. The molecule has 0 unspecified atom stereocenters. The number of rotatable bonds is 3. The molecule has 0 aliphatic heterocycles. The first-order valence-electron chi connectivity index (χ1n) is 4.29. The lowest BCUT2D eigenvalue weighted by Crippen LogP contribution is -1.74. The highest BCUT2D eigenvalue weighted by Crippen LogP contribution is 2.19. The Labute approximate surface area is 110 Å². The molecule has 1 rings (SSSR count). The predicted molar refractivity (Wildman–Crippen MR) is 73.3 cm³/mol. The Morgan fingerprint density at radius 2 is 1.57 bits per heavy atom. The fourth-order valence-electron chi connectivity index (χ4n) is 0.646. The fourth-order valence-corrected chi connectivity index (χ4v) is 1.54. The van der Waals surface area contributed by atoms with Gasteiger partial charge in [0.1, 0.15) is 0 Å². The molecule has 0 fully saturated rings. The van der Waals surface area contributed by atoms with Crippen LogP contribution in [0.2, 0.25) is 10.0 Å². The summed E-state index contributed by atoms with van der Waals surface area (Å²) >= 11 is 18.5. The molecule has 0 N–H and O–H groups in total. The van der Waals surface area contributed by atoms with Crippen molar-refractivity contribution in [2.45, 2.75) is 12.8 Å². The lowest BCUT2D eigenvalue weighted by Gasteiger charge is -1.88. The normalized spacial score (nSPS) is 9.14. The van der Waals surface area contributed by atoms with Crippen LogP contribution >= 0.6 is 51.8 Å². The van der Waals surface area contributed by atoms with Crippen LogP contribution in [0.5, 0.6) is 0 Å². The summed E-state index contributed by atoms with van der Waals surface area (Å²) in [4.78, 5) is 0. The highest BCUT2D eigenvalue weighted by molar-refractivity contribution is 9.09. The van der Waals surface area contributed by atoms with Gasteiger partial charge in [0.05, 0.1) is 10.0 Å². The van der Waals surface area contributed by atoms with Gasteiger partial charge in [-0.25, -0.2) is 0 Å². The summed E-state index contributed by atoms with van der Waals surface area (Å²) in [7, 11) is 0. The molecule has 4 heteroatoms. The van der Waals surface area contributed by atoms with Gasteiger partial charge in [-0.2, -0.15) is 12.6 Å². The molecule has 0 aliphatic rings. The average Bonchev–Trinajstić information content (AvgIpc) is 2.20. The van der Waals surface area contributed by atoms with Crippen LogP contribution in [0.3, 0.4) is 0 Å². The predicted octanol–water partition coefficient (Wildman–Crippen LogP) is 5.08. The number of thiol groups is 1. The van der Waals surface area contributed by atoms with E-state index < -0.39 is 0 Å². The molecule has 0 nitrogen and oxygen atoms in total. The Morgan fingerprint density at radius 1 is 1.07 bits per heavy atom. The summed E-state index contributed by atoms with van der Waals surface area (Å²) in [6.45, 7) is 0. The monoisotopic (exact) mass is 314 g/mol. The summed E-state index contributed by atoms with van der Waals surface area (Å²) in [6.07, 6.45) is 2.48. The molecule has 1 aromatic carbocycles. The molecule has 0 heterocycles. The number of hydrogen-bond acceptors (Lipinski definition) is 1. The third kappa shape index (κ3) is 7.98. The summed E-state index contributed by atoms with van der Waals surface area (Å²) in [5.74, 6) is 1.02. The van der Waals surface area contributed by atoms with Crippen LogP contribution in [0.1, 0.15) is 12.8 Å². The van der Waals surface area contributed by atoms with E-state index in [9.17, 15) is 0 Å². The Kier molecular flexibility index (Phi) is 10.6. The molecule has 0 aliphatic carbocycles. The van der Waals surface area contributed by atoms with E-state index in [2.05, 4.69) is 28.6 Å². The Morgan fingerprint density at radius 3 is 1.79 bits per heavy atom. The minimum Gasteiger partial charge on any atom is -0.179 e. The second-order valence-corrected chi connectivity index (χ2v) is 4.59. The zero-order valence-corrected chi connectivity index (χ0v) is 11.7. The minimum absolute atomic E-state index is 0.606. The van der Waals surface area contributed by atoms with Gasteiger partial charge in [-0.1, -0.05) is 51.3 Å². The van der Waals surface area contributed by atoms with Gasteiger partial charge >= 0.3 is 0 Å².